The smallest absolute Gasteiger partial charge is 0.341 e. The van der Waals surface area contributed by atoms with Crippen LogP contribution in [0.2, 0.25) is 0 Å². The maximum Gasteiger partial charge on any atom is 0.341 e. The number of carbonyl (C=O) groups is 2. The molecule has 32 heavy (non-hydrogen) atoms. The van der Waals surface area contributed by atoms with Gasteiger partial charge in [0.05, 0.1) is 26.9 Å². The van der Waals surface area contributed by atoms with E-state index in [2.05, 4.69) is 26.1 Å². The number of methoxy groups -OCH3 is 3. The van der Waals surface area contributed by atoms with Gasteiger partial charge >= 0.3 is 5.97 Å². The summed E-state index contributed by atoms with van der Waals surface area (Å²) in [6.07, 6.45) is 3.64. The van der Waals surface area contributed by atoms with Crippen molar-refractivity contribution >= 4 is 28.2 Å². The first-order valence-electron chi connectivity index (χ1n) is 10.9. The number of rotatable bonds is 7. The molecule has 1 aliphatic carbocycles. The number of esters is 1. The van der Waals surface area contributed by atoms with E-state index in [9.17, 15) is 9.59 Å². The summed E-state index contributed by atoms with van der Waals surface area (Å²) in [6.45, 7) is 6.77. The lowest BCUT2D eigenvalue weighted by Gasteiger charge is -2.33. The number of hydrogen-bond acceptors (Lipinski definition) is 6. The third-order valence-corrected chi connectivity index (χ3v) is 7.39. The Bertz CT molecular complexity index is 989. The summed E-state index contributed by atoms with van der Waals surface area (Å²) in [4.78, 5) is 26.5. The lowest BCUT2D eigenvalue weighted by molar-refractivity contribution is -0.116. The average Bonchev–Trinajstić information content (AvgIpc) is 3.13. The fourth-order valence-electron chi connectivity index (χ4n) is 4.21. The molecule has 6 nitrogen and oxygen atoms in total. The topological polar surface area (TPSA) is 73.9 Å². The fourth-order valence-corrected chi connectivity index (χ4v) is 5.55. The van der Waals surface area contributed by atoms with Gasteiger partial charge in [-0.3, -0.25) is 4.79 Å². The van der Waals surface area contributed by atoms with Crippen molar-refractivity contribution in [3.63, 3.8) is 0 Å². The van der Waals surface area contributed by atoms with Gasteiger partial charge in [0.2, 0.25) is 5.91 Å². The third-order valence-electron chi connectivity index (χ3n) is 6.22. The molecule has 1 heterocycles. The molecular formula is C25H33NO5S. The molecule has 1 amide bonds. The number of amides is 1. The van der Waals surface area contributed by atoms with Crippen LogP contribution in [0.5, 0.6) is 11.5 Å². The zero-order chi connectivity index (χ0) is 23.5. The Balaban J connectivity index is 1.74. The number of anilines is 1. The van der Waals surface area contributed by atoms with Crippen molar-refractivity contribution in [2.45, 2.75) is 52.9 Å². The lowest BCUT2D eigenvalue weighted by atomic mass is 9.72. The van der Waals surface area contributed by atoms with Crippen molar-refractivity contribution in [2.75, 3.05) is 26.6 Å². The molecular weight excluding hydrogens is 426 g/mol. The van der Waals surface area contributed by atoms with Gasteiger partial charge in [-0.15, -0.1) is 11.3 Å². The number of benzene rings is 1. The monoisotopic (exact) mass is 459 g/mol. The zero-order valence-corrected chi connectivity index (χ0v) is 20.6. The van der Waals surface area contributed by atoms with Gasteiger partial charge in [-0.05, 0) is 60.3 Å². The highest BCUT2D eigenvalue weighted by atomic mass is 32.1. The van der Waals surface area contributed by atoms with Crippen molar-refractivity contribution in [3.05, 3.63) is 39.8 Å². The van der Waals surface area contributed by atoms with Crippen LogP contribution in [-0.4, -0.2) is 33.2 Å². The molecule has 1 aromatic carbocycles. The normalized spacial score (nSPS) is 15.6. The average molecular weight is 460 g/mol. The van der Waals surface area contributed by atoms with Crippen LogP contribution < -0.4 is 14.8 Å². The van der Waals surface area contributed by atoms with Crippen LogP contribution in [0.1, 0.15) is 60.0 Å². The van der Waals surface area contributed by atoms with E-state index < -0.39 is 0 Å². The van der Waals surface area contributed by atoms with Crippen LogP contribution in [0.4, 0.5) is 5.00 Å². The molecule has 1 N–H and O–H groups in total. The number of aryl methyl sites for hydroxylation is 1. The second-order valence-electron chi connectivity index (χ2n) is 9.24. The number of ether oxygens (including phenoxy) is 3. The molecule has 7 heteroatoms. The summed E-state index contributed by atoms with van der Waals surface area (Å²) in [5.41, 5.74) is 2.75. The molecule has 0 aliphatic heterocycles. The van der Waals surface area contributed by atoms with Gasteiger partial charge in [-0.2, -0.15) is 0 Å². The van der Waals surface area contributed by atoms with E-state index in [4.69, 9.17) is 14.2 Å². The van der Waals surface area contributed by atoms with Gasteiger partial charge in [-0.25, -0.2) is 4.79 Å². The number of thiophene rings is 1. The minimum Gasteiger partial charge on any atom is -0.493 e. The Morgan fingerprint density at radius 3 is 2.47 bits per heavy atom. The Labute approximate surface area is 194 Å². The molecule has 2 aromatic rings. The van der Waals surface area contributed by atoms with Gasteiger partial charge in [0.15, 0.2) is 11.5 Å². The molecule has 1 atom stereocenters. The molecule has 174 valence electrons. The van der Waals surface area contributed by atoms with Crippen LogP contribution in [0.15, 0.2) is 18.2 Å². The predicted octanol–water partition coefficient (Wildman–Crippen LogP) is 5.27. The minimum absolute atomic E-state index is 0.129. The molecule has 0 spiro atoms. The fraction of sp³-hybridized carbons (Fsp3) is 0.520. The number of nitrogens with one attached hydrogen (secondary N) is 1. The summed E-state index contributed by atoms with van der Waals surface area (Å²) < 4.78 is 15.6. The maximum absolute atomic E-state index is 12.8. The van der Waals surface area contributed by atoms with Crippen molar-refractivity contribution in [1.82, 2.24) is 0 Å². The Morgan fingerprint density at radius 1 is 1.12 bits per heavy atom. The highest BCUT2D eigenvalue weighted by Crippen LogP contribution is 2.44. The maximum atomic E-state index is 12.8. The van der Waals surface area contributed by atoms with E-state index in [1.54, 1.807) is 14.2 Å². The van der Waals surface area contributed by atoms with Gasteiger partial charge in [0, 0.05) is 11.3 Å². The van der Waals surface area contributed by atoms with E-state index in [1.165, 1.54) is 23.3 Å². The van der Waals surface area contributed by atoms with Gasteiger partial charge < -0.3 is 19.5 Å². The summed E-state index contributed by atoms with van der Waals surface area (Å²) in [5.74, 6) is 1.33. The Hall–Kier alpha value is -2.54. The van der Waals surface area contributed by atoms with Crippen LogP contribution in [-0.2, 0) is 28.8 Å². The second-order valence-corrected chi connectivity index (χ2v) is 10.3. The summed E-state index contributed by atoms with van der Waals surface area (Å²) in [6, 6.07) is 5.63. The zero-order valence-electron chi connectivity index (χ0n) is 19.8. The largest absolute Gasteiger partial charge is 0.493 e. The first-order valence-corrected chi connectivity index (χ1v) is 11.7. The van der Waals surface area contributed by atoms with E-state index in [-0.39, 0.29) is 17.3 Å². The van der Waals surface area contributed by atoms with Crippen LogP contribution >= 0.6 is 11.3 Å². The van der Waals surface area contributed by atoms with E-state index in [1.807, 2.05) is 18.2 Å². The quantitative estimate of drug-likeness (QED) is 0.571. The minimum atomic E-state index is -0.383. The van der Waals surface area contributed by atoms with Gasteiger partial charge in [0.1, 0.15) is 5.00 Å². The molecule has 0 bridgehead atoms. The predicted molar refractivity (Wildman–Crippen MR) is 127 cm³/mol. The first-order chi connectivity index (χ1) is 15.2. The van der Waals surface area contributed by atoms with Crippen molar-refractivity contribution < 1.29 is 23.8 Å². The molecule has 0 saturated carbocycles. The summed E-state index contributed by atoms with van der Waals surface area (Å²) in [7, 11) is 4.56. The van der Waals surface area contributed by atoms with E-state index in [0.29, 0.717) is 40.8 Å². The number of fused-ring (bicyclic) bond motifs is 1. The molecule has 1 aromatic heterocycles. The van der Waals surface area contributed by atoms with E-state index in [0.717, 1.165) is 30.4 Å². The van der Waals surface area contributed by atoms with Crippen molar-refractivity contribution in [2.24, 2.45) is 11.3 Å². The molecule has 0 saturated heterocycles. The third kappa shape index (κ3) is 5.26. The number of carbonyl (C=O) groups excluding carboxylic acids is 2. The Morgan fingerprint density at radius 2 is 1.84 bits per heavy atom. The highest BCUT2D eigenvalue weighted by molar-refractivity contribution is 7.17. The Kier molecular flexibility index (Phi) is 7.49. The van der Waals surface area contributed by atoms with Gasteiger partial charge in [0.25, 0.3) is 0 Å². The summed E-state index contributed by atoms with van der Waals surface area (Å²) in [5, 5.41) is 3.59. The first kappa shape index (κ1) is 24.1. The number of hydrogen-bond donors (Lipinski definition) is 1. The molecule has 1 unspecified atom stereocenters. The van der Waals surface area contributed by atoms with Crippen molar-refractivity contribution in [1.29, 1.82) is 0 Å². The van der Waals surface area contributed by atoms with Crippen LogP contribution in [0.3, 0.4) is 0 Å². The highest BCUT2D eigenvalue weighted by Gasteiger charge is 2.34. The van der Waals surface area contributed by atoms with Crippen LogP contribution in [0, 0.1) is 11.3 Å². The van der Waals surface area contributed by atoms with Gasteiger partial charge in [-0.1, -0.05) is 26.8 Å². The van der Waals surface area contributed by atoms with Crippen molar-refractivity contribution in [3.8, 4) is 11.5 Å². The standard InChI is InChI=1S/C25H33NO5S/c1-25(2,3)16-9-10-17-20(14-16)32-23(22(17)24(28)31-6)26-21(27)12-8-15-7-11-18(29-4)19(13-15)30-5/h7,11,13,16H,8-10,12,14H2,1-6H3,(H,26,27). The van der Waals surface area contributed by atoms with E-state index >= 15 is 0 Å². The van der Waals surface area contributed by atoms with Crippen LogP contribution in [0.25, 0.3) is 0 Å². The molecule has 0 radical (unpaired) electrons. The SMILES string of the molecule is COC(=O)c1c(NC(=O)CCc2ccc(OC)c(OC)c2)sc2c1CCC(C(C)(C)C)C2. The lowest BCUT2D eigenvalue weighted by Crippen LogP contribution is -2.26. The summed E-state index contributed by atoms with van der Waals surface area (Å²) >= 11 is 1.52. The molecule has 0 fully saturated rings. The second kappa shape index (κ2) is 9.94. The molecule has 3 rings (SSSR count). The molecule has 1 aliphatic rings.